The average molecular weight is 294 g/mol. The van der Waals surface area contributed by atoms with Crippen molar-refractivity contribution < 1.29 is 19.4 Å². The number of carboxylic acid groups (broad SMARTS) is 1. The average Bonchev–Trinajstić information content (AvgIpc) is 2.31. The van der Waals surface area contributed by atoms with Gasteiger partial charge in [-0.2, -0.15) is 0 Å². The summed E-state index contributed by atoms with van der Waals surface area (Å²) in [4.78, 5) is 21.8. The third-order valence-corrected chi connectivity index (χ3v) is 2.19. The SMILES string of the molecule is O=C(O)COCCNC(=O)c1cc(Cl)nnc1Cl. The van der Waals surface area contributed by atoms with Crippen molar-refractivity contribution >= 4 is 35.1 Å². The van der Waals surface area contributed by atoms with Gasteiger partial charge in [-0.3, -0.25) is 4.79 Å². The number of nitrogens with one attached hydrogen (secondary N) is 1. The Hall–Kier alpha value is -1.44. The van der Waals surface area contributed by atoms with Crippen LogP contribution in [0.2, 0.25) is 10.3 Å². The summed E-state index contributed by atoms with van der Waals surface area (Å²) in [7, 11) is 0. The predicted octanol–water partition coefficient (Wildman–Crippen LogP) is 0.614. The van der Waals surface area contributed by atoms with Crippen LogP contribution in [-0.4, -0.2) is 46.9 Å². The fourth-order valence-corrected chi connectivity index (χ4v) is 1.33. The number of ether oxygens (including phenoxy) is 1. The smallest absolute Gasteiger partial charge is 0.329 e. The number of hydrogen-bond donors (Lipinski definition) is 2. The van der Waals surface area contributed by atoms with Crippen molar-refractivity contribution in [2.75, 3.05) is 19.8 Å². The van der Waals surface area contributed by atoms with E-state index < -0.39 is 18.5 Å². The van der Waals surface area contributed by atoms with E-state index in [1.54, 1.807) is 0 Å². The van der Waals surface area contributed by atoms with Gasteiger partial charge in [0.05, 0.1) is 12.2 Å². The molecule has 18 heavy (non-hydrogen) atoms. The molecule has 0 aliphatic heterocycles. The first-order valence-corrected chi connectivity index (χ1v) is 5.52. The van der Waals surface area contributed by atoms with E-state index in [9.17, 15) is 9.59 Å². The van der Waals surface area contributed by atoms with E-state index in [0.29, 0.717) is 0 Å². The topological polar surface area (TPSA) is 101 Å². The Bertz CT molecular complexity index is 455. The highest BCUT2D eigenvalue weighted by molar-refractivity contribution is 6.34. The highest BCUT2D eigenvalue weighted by Gasteiger charge is 2.12. The zero-order valence-corrected chi connectivity index (χ0v) is 10.5. The molecule has 0 fully saturated rings. The predicted molar refractivity (Wildman–Crippen MR) is 62.8 cm³/mol. The second-order valence-electron chi connectivity index (χ2n) is 3.07. The molecule has 2 N–H and O–H groups in total. The van der Waals surface area contributed by atoms with E-state index in [1.165, 1.54) is 6.07 Å². The summed E-state index contributed by atoms with van der Waals surface area (Å²) in [6, 6.07) is 1.28. The highest BCUT2D eigenvalue weighted by atomic mass is 35.5. The Labute approximate surface area is 112 Å². The van der Waals surface area contributed by atoms with Crippen LogP contribution in [0.15, 0.2) is 6.07 Å². The molecule has 0 saturated heterocycles. The molecule has 0 radical (unpaired) electrons. The van der Waals surface area contributed by atoms with E-state index in [0.717, 1.165) is 0 Å². The third-order valence-electron chi connectivity index (χ3n) is 1.72. The minimum atomic E-state index is -1.07. The fourth-order valence-electron chi connectivity index (χ4n) is 1.00. The van der Waals surface area contributed by atoms with Gasteiger partial charge >= 0.3 is 5.97 Å². The molecule has 0 aliphatic rings. The molecule has 1 amide bonds. The molecule has 0 saturated carbocycles. The van der Waals surface area contributed by atoms with Gasteiger partial charge in [-0.1, -0.05) is 23.2 Å². The lowest BCUT2D eigenvalue weighted by molar-refractivity contribution is -0.142. The second kappa shape index (κ2) is 7.10. The Morgan fingerprint density at radius 2 is 2.11 bits per heavy atom. The zero-order chi connectivity index (χ0) is 13.5. The van der Waals surface area contributed by atoms with Gasteiger partial charge in [0.1, 0.15) is 6.61 Å². The molecular formula is C9H9Cl2N3O4. The van der Waals surface area contributed by atoms with Crippen LogP contribution in [0.1, 0.15) is 10.4 Å². The molecular weight excluding hydrogens is 285 g/mol. The second-order valence-corrected chi connectivity index (χ2v) is 3.82. The summed E-state index contributed by atoms with van der Waals surface area (Å²) in [6.45, 7) is -0.205. The summed E-state index contributed by atoms with van der Waals surface area (Å²) in [6.07, 6.45) is 0. The van der Waals surface area contributed by atoms with Crippen LogP contribution in [0.25, 0.3) is 0 Å². The number of carboxylic acids is 1. The van der Waals surface area contributed by atoms with Crippen molar-refractivity contribution in [3.63, 3.8) is 0 Å². The number of hydrogen-bond acceptors (Lipinski definition) is 5. The lowest BCUT2D eigenvalue weighted by atomic mass is 10.3. The van der Waals surface area contributed by atoms with Crippen LogP contribution in [0.4, 0.5) is 0 Å². The lowest BCUT2D eigenvalue weighted by Crippen LogP contribution is -2.28. The number of aliphatic carboxylic acids is 1. The molecule has 9 heteroatoms. The quantitative estimate of drug-likeness (QED) is 0.746. The van der Waals surface area contributed by atoms with Crippen LogP contribution < -0.4 is 5.32 Å². The lowest BCUT2D eigenvalue weighted by Gasteiger charge is -2.06. The molecule has 0 spiro atoms. The van der Waals surface area contributed by atoms with Crippen molar-refractivity contribution in [3.8, 4) is 0 Å². The maximum Gasteiger partial charge on any atom is 0.329 e. The minimum absolute atomic E-state index is 0.0478. The molecule has 0 aromatic carbocycles. The van der Waals surface area contributed by atoms with Gasteiger partial charge in [0.25, 0.3) is 5.91 Å². The summed E-state index contributed by atoms with van der Waals surface area (Å²) in [5, 5.41) is 17.7. The number of carbonyl (C=O) groups excluding carboxylic acids is 1. The monoisotopic (exact) mass is 293 g/mol. The number of rotatable bonds is 6. The van der Waals surface area contributed by atoms with Gasteiger partial charge in [0.15, 0.2) is 10.3 Å². The number of aromatic nitrogens is 2. The van der Waals surface area contributed by atoms with E-state index in [4.69, 9.17) is 33.0 Å². The van der Waals surface area contributed by atoms with Gasteiger partial charge in [0.2, 0.25) is 0 Å². The first kappa shape index (κ1) is 14.6. The van der Waals surface area contributed by atoms with Crippen molar-refractivity contribution in [2.45, 2.75) is 0 Å². The molecule has 1 aromatic heterocycles. The van der Waals surface area contributed by atoms with Crippen LogP contribution in [0.3, 0.4) is 0 Å². The number of amides is 1. The summed E-state index contributed by atoms with van der Waals surface area (Å²) >= 11 is 11.2. The fraction of sp³-hybridized carbons (Fsp3) is 0.333. The number of halogens is 2. The van der Waals surface area contributed by atoms with E-state index in [-0.39, 0.29) is 29.0 Å². The number of carbonyl (C=O) groups is 2. The normalized spacial score (nSPS) is 10.1. The van der Waals surface area contributed by atoms with Crippen LogP contribution in [-0.2, 0) is 9.53 Å². The molecule has 1 rings (SSSR count). The van der Waals surface area contributed by atoms with E-state index >= 15 is 0 Å². The van der Waals surface area contributed by atoms with Crippen LogP contribution >= 0.6 is 23.2 Å². The largest absolute Gasteiger partial charge is 0.480 e. The molecule has 7 nitrogen and oxygen atoms in total. The van der Waals surface area contributed by atoms with Crippen molar-refractivity contribution in [3.05, 3.63) is 21.9 Å². The number of nitrogens with zero attached hydrogens (tertiary/aromatic N) is 2. The maximum atomic E-state index is 11.6. The minimum Gasteiger partial charge on any atom is -0.480 e. The van der Waals surface area contributed by atoms with Crippen molar-refractivity contribution in [1.29, 1.82) is 0 Å². The molecule has 98 valence electrons. The maximum absolute atomic E-state index is 11.6. The molecule has 0 bridgehead atoms. The van der Waals surface area contributed by atoms with E-state index in [1.807, 2.05) is 0 Å². The first-order chi connectivity index (χ1) is 8.50. The summed E-state index contributed by atoms with van der Waals surface area (Å²) in [5.41, 5.74) is 0.0925. The van der Waals surface area contributed by atoms with Gasteiger partial charge in [-0.15, -0.1) is 10.2 Å². The standard InChI is InChI=1S/C9H9Cl2N3O4/c10-6-3-5(8(11)14-13-6)9(17)12-1-2-18-4-7(15)16/h3H,1-2,4H2,(H,12,17)(H,15,16). The Kier molecular flexibility index (Phi) is 5.76. The van der Waals surface area contributed by atoms with Gasteiger partial charge < -0.3 is 15.2 Å². The van der Waals surface area contributed by atoms with Gasteiger partial charge in [0, 0.05) is 6.54 Å². The summed E-state index contributed by atoms with van der Waals surface area (Å²) in [5.74, 6) is -1.56. The highest BCUT2D eigenvalue weighted by Crippen LogP contribution is 2.14. The first-order valence-electron chi connectivity index (χ1n) is 4.77. The summed E-state index contributed by atoms with van der Waals surface area (Å²) < 4.78 is 4.73. The van der Waals surface area contributed by atoms with Crippen LogP contribution in [0, 0.1) is 0 Å². The van der Waals surface area contributed by atoms with Crippen LogP contribution in [0.5, 0.6) is 0 Å². The molecule has 0 aliphatic carbocycles. The molecule has 0 atom stereocenters. The molecule has 1 aromatic rings. The Morgan fingerprint density at radius 3 is 2.78 bits per heavy atom. The zero-order valence-electron chi connectivity index (χ0n) is 9.02. The van der Waals surface area contributed by atoms with Gasteiger partial charge in [-0.05, 0) is 6.07 Å². The van der Waals surface area contributed by atoms with E-state index in [2.05, 4.69) is 15.5 Å². The third kappa shape index (κ3) is 4.82. The molecule has 1 heterocycles. The Balaban J connectivity index is 2.41. The van der Waals surface area contributed by atoms with Gasteiger partial charge in [-0.25, -0.2) is 4.79 Å². The molecule has 0 unspecified atom stereocenters. The van der Waals surface area contributed by atoms with Crippen molar-refractivity contribution in [1.82, 2.24) is 15.5 Å². The van der Waals surface area contributed by atoms with Crippen molar-refractivity contribution in [2.24, 2.45) is 0 Å². The Morgan fingerprint density at radius 1 is 1.39 bits per heavy atom.